The van der Waals surface area contributed by atoms with Crippen LogP contribution in [0.3, 0.4) is 0 Å². The van der Waals surface area contributed by atoms with Crippen LogP contribution in [-0.4, -0.2) is 26.5 Å². The molecule has 0 fully saturated rings. The van der Waals surface area contributed by atoms with Gasteiger partial charge in [0.15, 0.2) is 0 Å². The highest BCUT2D eigenvalue weighted by molar-refractivity contribution is 5.75. The van der Waals surface area contributed by atoms with Crippen molar-refractivity contribution in [2.75, 3.05) is 20.2 Å². The van der Waals surface area contributed by atoms with Crippen molar-refractivity contribution >= 4 is 6.29 Å². The molecule has 0 saturated carbocycles. The number of carbonyl (C=O) groups excluding carboxylic acids is 1. The Morgan fingerprint density at radius 2 is 1.94 bits per heavy atom. The van der Waals surface area contributed by atoms with Gasteiger partial charge in [-0.25, -0.2) is 0 Å². The lowest BCUT2D eigenvalue weighted by atomic mass is 10.1. The molecule has 96 valence electrons. The molecule has 3 heteroatoms. The minimum absolute atomic E-state index is 0.669. The van der Waals surface area contributed by atoms with Crippen molar-refractivity contribution in [3.8, 4) is 5.75 Å². The van der Waals surface area contributed by atoms with E-state index in [1.165, 1.54) is 4.90 Å². The molecule has 0 radical (unpaired) electrons. The summed E-state index contributed by atoms with van der Waals surface area (Å²) in [5, 5.41) is 0. The second-order valence-electron chi connectivity index (χ2n) is 4.10. The fourth-order valence-corrected chi connectivity index (χ4v) is 1.92. The lowest BCUT2D eigenvalue weighted by molar-refractivity contribution is -0.902. The van der Waals surface area contributed by atoms with Gasteiger partial charge in [0, 0.05) is 11.1 Å². The van der Waals surface area contributed by atoms with Crippen molar-refractivity contribution in [3.63, 3.8) is 0 Å². The summed E-state index contributed by atoms with van der Waals surface area (Å²) in [4.78, 5) is 12.1. The Hall–Kier alpha value is -1.87. The molecule has 0 spiro atoms. The summed E-state index contributed by atoms with van der Waals surface area (Å²) in [6.45, 7) is 9.99. The van der Waals surface area contributed by atoms with E-state index in [9.17, 15) is 4.79 Å². The maximum Gasteiger partial charge on any atom is 0.150 e. The number of carbonyl (C=O) groups is 1. The number of hydrogen-bond donors (Lipinski definition) is 1. The van der Waals surface area contributed by atoms with Crippen LogP contribution in [0.4, 0.5) is 0 Å². The molecule has 0 aliphatic carbocycles. The molecule has 0 unspecified atom stereocenters. The predicted octanol–water partition coefficient (Wildman–Crippen LogP) is 1.26. The lowest BCUT2D eigenvalue weighted by Gasteiger charge is -2.17. The van der Waals surface area contributed by atoms with Crippen LogP contribution in [0.25, 0.3) is 0 Å². The fourth-order valence-electron chi connectivity index (χ4n) is 1.92. The number of methoxy groups -OCH3 is 1. The summed E-state index contributed by atoms with van der Waals surface area (Å²) in [7, 11) is 1.64. The van der Waals surface area contributed by atoms with E-state index in [2.05, 4.69) is 13.2 Å². The van der Waals surface area contributed by atoms with Crippen LogP contribution in [0.15, 0.2) is 43.5 Å². The van der Waals surface area contributed by atoms with Gasteiger partial charge in [-0.05, 0) is 30.4 Å². The summed E-state index contributed by atoms with van der Waals surface area (Å²) in [6, 6.07) is 5.46. The Bertz CT molecular complexity index is 417. The lowest BCUT2D eigenvalue weighted by Crippen LogP contribution is -3.10. The highest BCUT2D eigenvalue weighted by Crippen LogP contribution is 2.18. The first-order valence-electron chi connectivity index (χ1n) is 5.92. The third-order valence-corrected chi connectivity index (χ3v) is 2.75. The summed E-state index contributed by atoms with van der Waals surface area (Å²) in [6.07, 6.45) is 4.62. The molecule has 0 saturated heterocycles. The van der Waals surface area contributed by atoms with Gasteiger partial charge in [-0.15, -0.1) is 0 Å². The van der Waals surface area contributed by atoms with Gasteiger partial charge in [-0.2, -0.15) is 0 Å². The SMILES string of the molecule is C=CC[NH+](CC=C)Cc1cc(C=O)ccc1OC. The van der Waals surface area contributed by atoms with E-state index < -0.39 is 0 Å². The van der Waals surface area contributed by atoms with E-state index in [0.29, 0.717) is 5.56 Å². The number of aldehydes is 1. The van der Waals surface area contributed by atoms with Crippen molar-refractivity contribution in [1.82, 2.24) is 0 Å². The van der Waals surface area contributed by atoms with Crippen LogP contribution in [0, 0.1) is 0 Å². The first kappa shape index (κ1) is 14.2. The van der Waals surface area contributed by atoms with Crippen molar-refractivity contribution in [3.05, 3.63) is 54.6 Å². The number of quaternary nitrogens is 1. The quantitative estimate of drug-likeness (QED) is 0.553. The van der Waals surface area contributed by atoms with Gasteiger partial charge in [-0.1, -0.05) is 13.2 Å². The van der Waals surface area contributed by atoms with Crippen molar-refractivity contribution < 1.29 is 14.4 Å². The molecule has 0 amide bonds. The molecular weight excluding hydrogens is 226 g/mol. The normalized spacial score (nSPS) is 10.1. The number of ether oxygens (including phenoxy) is 1. The fraction of sp³-hybridized carbons (Fsp3) is 0.267. The smallest absolute Gasteiger partial charge is 0.150 e. The number of hydrogen-bond acceptors (Lipinski definition) is 2. The van der Waals surface area contributed by atoms with Gasteiger partial charge in [0.2, 0.25) is 0 Å². The van der Waals surface area contributed by atoms with E-state index in [4.69, 9.17) is 4.74 Å². The molecular formula is C15H20NO2+. The zero-order valence-corrected chi connectivity index (χ0v) is 10.8. The second kappa shape index (κ2) is 7.45. The highest BCUT2D eigenvalue weighted by Gasteiger charge is 2.11. The molecule has 0 bridgehead atoms. The largest absolute Gasteiger partial charge is 0.496 e. The van der Waals surface area contributed by atoms with Crippen molar-refractivity contribution in [2.24, 2.45) is 0 Å². The molecule has 0 atom stereocenters. The zero-order chi connectivity index (χ0) is 13.4. The average molecular weight is 246 g/mol. The van der Waals surface area contributed by atoms with Gasteiger partial charge >= 0.3 is 0 Å². The average Bonchev–Trinajstić information content (AvgIpc) is 2.39. The number of nitrogens with one attached hydrogen (secondary N) is 1. The minimum Gasteiger partial charge on any atom is -0.496 e. The van der Waals surface area contributed by atoms with E-state index in [1.807, 2.05) is 24.3 Å². The first-order valence-corrected chi connectivity index (χ1v) is 5.92. The highest BCUT2D eigenvalue weighted by atomic mass is 16.5. The Balaban J connectivity index is 2.94. The Morgan fingerprint density at radius 3 is 2.44 bits per heavy atom. The van der Waals surface area contributed by atoms with Crippen LogP contribution in [0.5, 0.6) is 5.75 Å². The molecule has 1 rings (SSSR count). The first-order chi connectivity index (χ1) is 8.74. The van der Waals surface area contributed by atoms with Crippen LogP contribution in [0.1, 0.15) is 15.9 Å². The molecule has 0 aliphatic rings. The molecule has 18 heavy (non-hydrogen) atoms. The molecule has 3 nitrogen and oxygen atoms in total. The van der Waals surface area contributed by atoms with E-state index in [0.717, 1.165) is 37.2 Å². The standard InChI is InChI=1S/C15H19NO2/c1-4-8-16(9-5-2)11-14-10-13(12-17)6-7-15(14)18-3/h4-7,10,12H,1-2,8-9,11H2,3H3/p+1. The van der Waals surface area contributed by atoms with Gasteiger partial charge in [0.25, 0.3) is 0 Å². The summed E-state index contributed by atoms with van der Waals surface area (Å²) >= 11 is 0. The predicted molar refractivity (Wildman–Crippen MR) is 73.2 cm³/mol. The third-order valence-electron chi connectivity index (χ3n) is 2.75. The van der Waals surface area contributed by atoms with Crippen LogP contribution in [-0.2, 0) is 6.54 Å². The van der Waals surface area contributed by atoms with Crippen LogP contribution < -0.4 is 9.64 Å². The van der Waals surface area contributed by atoms with Gasteiger partial charge in [-0.3, -0.25) is 4.79 Å². The Morgan fingerprint density at radius 1 is 1.28 bits per heavy atom. The summed E-state index contributed by atoms with van der Waals surface area (Å²) < 4.78 is 5.32. The van der Waals surface area contributed by atoms with Crippen molar-refractivity contribution in [2.45, 2.75) is 6.54 Å². The molecule has 1 aromatic rings. The second-order valence-corrected chi connectivity index (χ2v) is 4.10. The monoisotopic (exact) mass is 246 g/mol. The van der Waals surface area contributed by atoms with Crippen LogP contribution in [0.2, 0.25) is 0 Å². The maximum absolute atomic E-state index is 10.8. The molecule has 0 aliphatic heterocycles. The molecule has 1 N–H and O–H groups in total. The van der Waals surface area contributed by atoms with Gasteiger partial charge in [0.05, 0.1) is 20.2 Å². The van der Waals surface area contributed by atoms with Crippen LogP contribution >= 0.6 is 0 Å². The van der Waals surface area contributed by atoms with Crippen molar-refractivity contribution in [1.29, 1.82) is 0 Å². The minimum atomic E-state index is 0.669. The number of benzene rings is 1. The summed E-state index contributed by atoms with van der Waals surface area (Å²) in [5.41, 5.74) is 1.70. The zero-order valence-electron chi connectivity index (χ0n) is 10.8. The van der Waals surface area contributed by atoms with Gasteiger partial charge < -0.3 is 9.64 Å². The molecule has 0 aromatic heterocycles. The Kier molecular flexibility index (Phi) is 5.88. The maximum atomic E-state index is 10.8. The number of rotatable bonds is 8. The van der Waals surface area contributed by atoms with Gasteiger partial charge in [0.1, 0.15) is 18.6 Å². The topological polar surface area (TPSA) is 30.7 Å². The summed E-state index contributed by atoms with van der Waals surface area (Å²) in [5.74, 6) is 0.811. The van der Waals surface area contributed by atoms with E-state index in [1.54, 1.807) is 13.2 Å². The Labute approximate surface area is 108 Å². The molecule has 1 aromatic carbocycles. The third kappa shape index (κ3) is 3.86. The van der Waals surface area contributed by atoms with E-state index >= 15 is 0 Å². The molecule has 0 heterocycles. The van der Waals surface area contributed by atoms with E-state index in [-0.39, 0.29) is 0 Å².